The highest BCUT2D eigenvalue weighted by Crippen LogP contribution is 2.22. The normalized spacial score (nSPS) is 9.87. The molecule has 76 valence electrons. The van der Waals surface area contributed by atoms with Crippen molar-refractivity contribution in [3.63, 3.8) is 0 Å². The highest BCUT2D eigenvalue weighted by molar-refractivity contribution is 7.13. The summed E-state index contributed by atoms with van der Waals surface area (Å²) in [7, 11) is 0. The van der Waals surface area contributed by atoms with Crippen LogP contribution in [-0.4, -0.2) is 9.91 Å². The monoisotopic (exact) mass is 221 g/mol. The summed E-state index contributed by atoms with van der Waals surface area (Å²) < 4.78 is 0. The van der Waals surface area contributed by atoms with E-state index >= 15 is 0 Å². The van der Waals surface area contributed by atoms with Gasteiger partial charge in [-0.15, -0.1) is 11.3 Å². The van der Waals surface area contributed by atoms with Crippen LogP contribution >= 0.6 is 11.3 Å². The number of nitrogens with zero attached hydrogens (tertiary/aromatic N) is 2. The lowest BCUT2D eigenvalue weighted by Crippen LogP contribution is -1.92. The number of nitro groups is 1. The standard InChI is InChI=1S/C9H7N3O2S/c13-12(14)8-3-1-2-7(6-8)11-9-10-4-5-15-9/h1-6H,(H,10,11). The lowest BCUT2D eigenvalue weighted by molar-refractivity contribution is -0.384. The van der Waals surface area contributed by atoms with Gasteiger partial charge in [0.2, 0.25) is 0 Å². The van der Waals surface area contributed by atoms with E-state index in [4.69, 9.17) is 0 Å². The summed E-state index contributed by atoms with van der Waals surface area (Å²) in [5, 5.41) is 16.1. The molecule has 5 nitrogen and oxygen atoms in total. The van der Waals surface area contributed by atoms with E-state index in [1.165, 1.54) is 23.5 Å². The van der Waals surface area contributed by atoms with E-state index in [9.17, 15) is 10.1 Å². The second-order valence-corrected chi connectivity index (χ2v) is 3.66. The molecule has 0 saturated carbocycles. The number of hydrogen-bond acceptors (Lipinski definition) is 5. The van der Waals surface area contributed by atoms with Gasteiger partial charge in [-0.1, -0.05) is 6.07 Å². The third-order valence-corrected chi connectivity index (χ3v) is 2.43. The Morgan fingerprint density at radius 3 is 3.00 bits per heavy atom. The second-order valence-electron chi connectivity index (χ2n) is 2.77. The number of rotatable bonds is 3. The minimum absolute atomic E-state index is 0.0663. The average Bonchev–Trinajstić information content (AvgIpc) is 2.71. The summed E-state index contributed by atoms with van der Waals surface area (Å²) >= 11 is 1.44. The van der Waals surface area contributed by atoms with E-state index in [1.807, 2.05) is 5.38 Å². The lowest BCUT2D eigenvalue weighted by Gasteiger charge is -2.01. The van der Waals surface area contributed by atoms with Crippen LogP contribution in [0.5, 0.6) is 0 Å². The van der Waals surface area contributed by atoms with Gasteiger partial charge in [-0.05, 0) is 6.07 Å². The van der Waals surface area contributed by atoms with Crippen molar-refractivity contribution in [1.29, 1.82) is 0 Å². The Labute approximate surface area is 89.6 Å². The summed E-state index contributed by atoms with van der Waals surface area (Å²) in [6, 6.07) is 6.32. The van der Waals surface area contributed by atoms with Gasteiger partial charge in [0, 0.05) is 29.4 Å². The average molecular weight is 221 g/mol. The Kier molecular flexibility index (Phi) is 2.59. The van der Waals surface area contributed by atoms with Crippen LogP contribution in [0.4, 0.5) is 16.5 Å². The molecule has 2 rings (SSSR count). The van der Waals surface area contributed by atoms with Crippen LogP contribution in [-0.2, 0) is 0 Å². The van der Waals surface area contributed by atoms with Crippen molar-refractivity contribution < 1.29 is 4.92 Å². The van der Waals surface area contributed by atoms with Gasteiger partial charge < -0.3 is 5.32 Å². The van der Waals surface area contributed by atoms with Crippen molar-refractivity contribution in [2.45, 2.75) is 0 Å². The van der Waals surface area contributed by atoms with Gasteiger partial charge in [0.05, 0.1) is 4.92 Å². The van der Waals surface area contributed by atoms with E-state index < -0.39 is 4.92 Å². The Morgan fingerprint density at radius 1 is 1.47 bits per heavy atom. The highest BCUT2D eigenvalue weighted by atomic mass is 32.1. The first-order valence-corrected chi connectivity index (χ1v) is 5.04. The van der Waals surface area contributed by atoms with Crippen molar-refractivity contribution in [2.75, 3.05) is 5.32 Å². The molecule has 0 unspecified atom stereocenters. The molecule has 1 aromatic carbocycles. The Morgan fingerprint density at radius 2 is 2.33 bits per heavy atom. The summed E-state index contributed by atoms with van der Waals surface area (Å²) in [5.41, 5.74) is 0.732. The first-order valence-electron chi connectivity index (χ1n) is 4.17. The van der Waals surface area contributed by atoms with E-state index in [-0.39, 0.29) is 5.69 Å². The molecule has 2 aromatic rings. The maximum atomic E-state index is 10.5. The maximum absolute atomic E-state index is 10.5. The number of aromatic nitrogens is 1. The number of hydrogen-bond donors (Lipinski definition) is 1. The topological polar surface area (TPSA) is 68.1 Å². The quantitative estimate of drug-likeness (QED) is 0.639. The fraction of sp³-hybridized carbons (Fsp3) is 0. The van der Waals surface area contributed by atoms with Crippen LogP contribution in [0.15, 0.2) is 35.8 Å². The first kappa shape index (κ1) is 9.60. The van der Waals surface area contributed by atoms with Gasteiger partial charge in [0.25, 0.3) is 5.69 Å². The van der Waals surface area contributed by atoms with Crippen LogP contribution in [0, 0.1) is 10.1 Å². The van der Waals surface area contributed by atoms with Crippen molar-refractivity contribution >= 4 is 27.8 Å². The van der Waals surface area contributed by atoms with E-state index in [1.54, 1.807) is 18.3 Å². The molecule has 0 aliphatic carbocycles. The Balaban J connectivity index is 2.22. The molecule has 15 heavy (non-hydrogen) atoms. The molecule has 0 atom stereocenters. The highest BCUT2D eigenvalue weighted by Gasteiger charge is 2.05. The molecule has 0 spiro atoms. The zero-order valence-corrected chi connectivity index (χ0v) is 8.40. The Hall–Kier alpha value is -1.95. The van der Waals surface area contributed by atoms with Crippen molar-refractivity contribution in [2.24, 2.45) is 0 Å². The number of thiazole rings is 1. The molecule has 0 aliphatic heterocycles. The molecule has 0 amide bonds. The molecule has 1 aromatic heterocycles. The predicted molar refractivity (Wildman–Crippen MR) is 58.5 cm³/mol. The lowest BCUT2D eigenvalue weighted by atomic mass is 10.3. The third kappa shape index (κ3) is 2.29. The van der Waals surface area contributed by atoms with Gasteiger partial charge in [-0.3, -0.25) is 10.1 Å². The van der Waals surface area contributed by atoms with Crippen LogP contribution in [0.2, 0.25) is 0 Å². The molecular formula is C9H7N3O2S. The zero-order chi connectivity index (χ0) is 10.7. The third-order valence-electron chi connectivity index (χ3n) is 1.74. The van der Waals surface area contributed by atoms with Gasteiger partial charge in [0.15, 0.2) is 5.13 Å². The number of nitro benzene ring substituents is 1. The molecule has 0 saturated heterocycles. The van der Waals surface area contributed by atoms with Gasteiger partial charge in [-0.25, -0.2) is 4.98 Å². The van der Waals surface area contributed by atoms with Crippen molar-refractivity contribution in [1.82, 2.24) is 4.98 Å². The molecule has 6 heteroatoms. The minimum Gasteiger partial charge on any atom is -0.331 e. The molecule has 0 bridgehead atoms. The van der Waals surface area contributed by atoms with E-state index in [0.717, 1.165) is 5.13 Å². The summed E-state index contributed by atoms with van der Waals surface area (Å²) in [5.74, 6) is 0. The van der Waals surface area contributed by atoms with E-state index in [2.05, 4.69) is 10.3 Å². The van der Waals surface area contributed by atoms with Gasteiger partial charge >= 0.3 is 0 Å². The molecular weight excluding hydrogens is 214 g/mol. The largest absolute Gasteiger partial charge is 0.331 e. The smallest absolute Gasteiger partial charge is 0.271 e. The maximum Gasteiger partial charge on any atom is 0.271 e. The minimum atomic E-state index is -0.424. The van der Waals surface area contributed by atoms with Crippen LogP contribution in [0.25, 0.3) is 0 Å². The molecule has 0 aliphatic rings. The number of benzene rings is 1. The molecule has 0 radical (unpaired) electrons. The fourth-order valence-corrected chi connectivity index (χ4v) is 1.65. The van der Waals surface area contributed by atoms with Gasteiger partial charge in [-0.2, -0.15) is 0 Å². The molecule has 1 N–H and O–H groups in total. The predicted octanol–water partition coefficient (Wildman–Crippen LogP) is 2.79. The zero-order valence-electron chi connectivity index (χ0n) is 7.58. The number of anilines is 2. The molecule has 1 heterocycles. The number of non-ortho nitro benzene ring substituents is 1. The Bertz CT molecular complexity index is 470. The fourth-order valence-electron chi connectivity index (χ4n) is 1.11. The summed E-state index contributed by atoms with van der Waals surface area (Å²) in [6.45, 7) is 0. The number of nitrogens with one attached hydrogen (secondary N) is 1. The van der Waals surface area contributed by atoms with Gasteiger partial charge in [0.1, 0.15) is 0 Å². The molecule has 0 fully saturated rings. The summed E-state index contributed by atoms with van der Waals surface area (Å²) in [4.78, 5) is 14.1. The summed E-state index contributed by atoms with van der Waals surface area (Å²) in [6.07, 6.45) is 1.67. The van der Waals surface area contributed by atoms with Crippen LogP contribution in [0.1, 0.15) is 0 Å². The second kappa shape index (κ2) is 4.05. The SMILES string of the molecule is O=[N+]([O-])c1cccc(Nc2nccs2)c1. The van der Waals surface area contributed by atoms with Crippen LogP contribution in [0.3, 0.4) is 0 Å². The van der Waals surface area contributed by atoms with Crippen molar-refractivity contribution in [3.8, 4) is 0 Å². The van der Waals surface area contributed by atoms with E-state index in [0.29, 0.717) is 5.69 Å². The first-order chi connectivity index (χ1) is 7.25. The van der Waals surface area contributed by atoms with Crippen LogP contribution < -0.4 is 5.32 Å². The van der Waals surface area contributed by atoms with Crippen molar-refractivity contribution in [3.05, 3.63) is 46.0 Å².